The molecule has 0 aliphatic heterocycles. The lowest BCUT2D eigenvalue weighted by molar-refractivity contribution is 0.416. The fourth-order valence-electron chi connectivity index (χ4n) is 4.17. The standard InChI is InChI=1S/C28H28N2O3S/c1-18-16-19(2)27(20(3)17-18)30-28-26(15-10-21(4)29-28)34(31,32)23-13-11-22(12-14-23)24-8-6-7-9-25(24)33-5/h6-17H,1-5H3,(H,29,30). The van der Waals surface area contributed by atoms with Gasteiger partial charge in [-0.15, -0.1) is 0 Å². The monoisotopic (exact) mass is 472 g/mol. The number of nitrogens with zero attached hydrogens (tertiary/aromatic N) is 1. The van der Waals surface area contributed by atoms with Crippen LogP contribution < -0.4 is 10.1 Å². The van der Waals surface area contributed by atoms with Crippen LogP contribution in [0.4, 0.5) is 11.5 Å². The van der Waals surface area contributed by atoms with E-state index in [0.29, 0.717) is 5.82 Å². The smallest absolute Gasteiger partial charge is 0.210 e. The summed E-state index contributed by atoms with van der Waals surface area (Å²) in [7, 11) is -2.19. The molecule has 34 heavy (non-hydrogen) atoms. The second kappa shape index (κ2) is 9.31. The van der Waals surface area contributed by atoms with E-state index >= 15 is 0 Å². The summed E-state index contributed by atoms with van der Waals surface area (Å²) in [6, 6.07) is 22.0. The van der Waals surface area contributed by atoms with Crippen molar-refractivity contribution in [1.82, 2.24) is 4.98 Å². The first kappa shape index (κ1) is 23.5. The molecule has 0 spiro atoms. The first-order valence-corrected chi connectivity index (χ1v) is 12.5. The second-order valence-corrected chi connectivity index (χ2v) is 10.3. The topological polar surface area (TPSA) is 68.3 Å². The summed E-state index contributed by atoms with van der Waals surface area (Å²) in [5, 5.41) is 3.30. The zero-order valence-corrected chi connectivity index (χ0v) is 20.8. The van der Waals surface area contributed by atoms with E-state index < -0.39 is 9.84 Å². The normalized spacial score (nSPS) is 11.3. The molecule has 0 aliphatic rings. The summed E-state index contributed by atoms with van der Waals surface area (Å²) in [4.78, 5) is 4.89. The summed E-state index contributed by atoms with van der Waals surface area (Å²) < 4.78 is 32.7. The van der Waals surface area contributed by atoms with Crippen LogP contribution in [-0.4, -0.2) is 20.5 Å². The lowest BCUT2D eigenvalue weighted by Gasteiger charge is -2.17. The minimum Gasteiger partial charge on any atom is -0.496 e. The molecule has 1 heterocycles. The molecule has 0 bridgehead atoms. The summed E-state index contributed by atoms with van der Waals surface area (Å²) in [6.07, 6.45) is 0. The Labute approximate surface area is 201 Å². The number of anilines is 2. The number of hydrogen-bond acceptors (Lipinski definition) is 5. The van der Waals surface area contributed by atoms with Gasteiger partial charge in [-0.05, 0) is 74.7 Å². The van der Waals surface area contributed by atoms with E-state index in [1.165, 1.54) is 0 Å². The van der Waals surface area contributed by atoms with Crippen molar-refractivity contribution in [2.75, 3.05) is 12.4 Å². The average molecular weight is 473 g/mol. The Kier molecular flexibility index (Phi) is 6.44. The third-order valence-electron chi connectivity index (χ3n) is 5.79. The van der Waals surface area contributed by atoms with Gasteiger partial charge in [0.2, 0.25) is 9.84 Å². The van der Waals surface area contributed by atoms with Gasteiger partial charge in [0, 0.05) is 16.9 Å². The van der Waals surface area contributed by atoms with E-state index in [2.05, 4.69) is 22.4 Å². The van der Waals surface area contributed by atoms with Gasteiger partial charge in [-0.1, -0.05) is 48.0 Å². The van der Waals surface area contributed by atoms with Crippen LogP contribution >= 0.6 is 0 Å². The van der Waals surface area contributed by atoms with Crippen molar-refractivity contribution in [3.8, 4) is 16.9 Å². The summed E-state index contributed by atoms with van der Waals surface area (Å²) in [5.74, 6) is 1.06. The highest BCUT2D eigenvalue weighted by Crippen LogP contribution is 2.34. The number of ether oxygens (including phenoxy) is 1. The van der Waals surface area contributed by atoms with Gasteiger partial charge in [0.1, 0.15) is 16.5 Å². The highest BCUT2D eigenvalue weighted by Gasteiger charge is 2.24. The van der Waals surface area contributed by atoms with Gasteiger partial charge in [-0.2, -0.15) is 0 Å². The highest BCUT2D eigenvalue weighted by molar-refractivity contribution is 7.91. The summed E-state index contributed by atoms with van der Waals surface area (Å²) in [5.41, 5.74) is 6.60. The van der Waals surface area contributed by atoms with Crippen LogP contribution in [0.3, 0.4) is 0 Å². The van der Waals surface area contributed by atoms with Gasteiger partial charge in [0.25, 0.3) is 0 Å². The molecule has 1 aromatic heterocycles. The maximum absolute atomic E-state index is 13.6. The van der Waals surface area contributed by atoms with Crippen LogP contribution in [0, 0.1) is 27.7 Å². The predicted molar refractivity (Wildman–Crippen MR) is 137 cm³/mol. The molecule has 0 saturated heterocycles. The molecule has 1 N–H and O–H groups in total. The van der Waals surface area contributed by atoms with Crippen molar-refractivity contribution >= 4 is 21.3 Å². The number of aryl methyl sites for hydroxylation is 4. The molecule has 3 aromatic carbocycles. The van der Waals surface area contributed by atoms with E-state index in [1.807, 2.05) is 52.0 Å². The Bertz CT molecular complexity index is 1440. The number of aromatic nitrogens is 1. The second-order valence-electron chi connectivity index (χ2n) is 8.43. The molecule has 174 valence electrons. The van der Waals surface area contributed by atoms with Crippen molar-refractivity contribution in [3.63, 3.8) is 0 Å². The summed E-state index contributed by atoms with van der Waals surface area (Å²) >= 11 is 0. The van der Waals surface area contributed by atoms with Crippen LogP contribution in [-0.2, 0) is 9.84 Å². The van der Waals surface area contributed by atoms with Gasteiger partial charge in [-0.25, -0.2) is 13.4 Å². The fourth-order valence-corrected chi connectivity index (χ4v) is 5.52. The van der Waals surface area contributed by atoms with E-state index in [9.17, 15) is 8.42 Å². The van der Waals surface area contributed by atoms with Crippen molar-refractivity contribution in [2.24, 2.45) is 0 Å². The number of rotatable bonds is 6. The van der Waals surface area contributed by atoms with E-state index in [4.69, 9.17) is 4.74 Å². The van der Waals surface area contributed by atoms with E-state index in [0.717, 1.165) is 44.9 Å². The van der Waals surface area contributed by atoms with Gasteiger partial charge in [0.05, 0.1) is 12.0 Å². The number of benzene rings is 3. The Morgan fingerprint density at radius 3 is 2.12 bits per heavy atom. The van der Waals surface area contributed by atoms with Crippen molar-refractivity contribution in [2.45, 2.75) is 37.5 Å². The maximum Gasteiger partial charge on any atom is 0.210 e. The SMILES string of the molecule is COc1ccccc1-c1ccc(S(=O)(=O)c2ccc(C)nc2Nc2c(C)cc(C)cc2C)cc1. The number of nitrogens with one attached hydrogen (secondary N) is 1. The highest BCUT2D eigenvalue weighted by atomic mass is 32.2. The van der Waals surface area contributed by atoms with Crippen molar-refractivity contribution in [3.05, 3.63) is 95.2 Å². The zero-order chi connectivity index (χ0) is 24.5. The molecule has 0 amide bonds. The van der Waals surface area contributed by atoms with E-state index in [-0.39, 0.29) is 9.79 Å². The third kappa shape index (κ3) is 4.54. The Morgan fingerprint density at radius 1 is 0.824 bits per heavy atom. The largest absolute Gasteiger partial charge is 0.496 e. The Hall–Kier alpha value is -3.64. The van der Waals surface area contributed by atoms with Gasteiger partial charge >= 0.3 is 0 Å². The van der Waals surface area contributed by atoms with Gasteiger partial charge in [0.15, 0.2) is 0 Å². The molecular weight excluding hydrogens is 444 g/mol. The molecule has 0 fully saturated rings. The van der Waals surface area contributed by atoms with Crippen LogP contribution in [0.15, 0.2) is 82.6 Å². The Morgan fingerprint density at radius 2 is 1.47 bits per heavy atom. The van der Waals surface area contributed by atoms with Crippen molar-refractivity contribution in [1.29, 1.82) is 0 Å². The van der Waals surface area contributed by atoms with Crippen LogP contribution in [0.5, 0.6) is 5.75 Å². The van der Waals surface area contributed by atoms with Crippen LogP contribution in [0.1, 0.15) is 22.4 Å². The molecule has 0 unspecified atom stereocenters. The van der Waals surface area contributed by atoms with Gasteiger partial charge < -0.3 is 10.1 Å². The zero-order valence-electron chi connectivity index (χ0n) is 20.0. The van der Waals surface area contributed by atoms with E-state index in [1.54, 1.807) is 43.5 Å². The lowest BCUT2D eigenvalue weighted by atomic mass is 10.1. The van der Waals surface area contributed by atoms with Crippen LogP contribution in [0.25, 0.3) is 11.1 Å². The maximum atomic E-state index is 13.6. The predicted octanol–water partition coefficient (Wildman–Crippen LogP) is 6.57. The average Bonchev–Trinajstić information content (AvgIpc) is 2.81. The lowest BCUT2D eigenvalue weighted by Crippen LogP contribution is -2.09. The number of hydrogen-bond donors (Lipinski definition) is 1. The number of pyridine rings is 1. The number of methoxy groups -OCH3 is 1. The minimum atomic E-state index is -3.81. The van der Waals surface area contributed by atoms with Crippen molar-refractivity contribution < 1.29 is 13.2 Å². The first-order chi connectivity index (χ1) is 16.2. The minimum absolute atomic E-state index is 0.141. The summed E-state index contributed by atoms with van der Waals surface area (Å²) in [6.45, 7) is 7.89. The molecule has 4 rings (SSSR count). The first-order valence-electron chi connectivity index (χ1n) is 11.0. The quantitative estimate of drug-likeness (QED) is 0.344. The fraction of sp³-hybridized carbons (Fsp3) is 0.179. The molecule has 0 radical (unpaired) electrons. The number of para-hydroxylation sites is 1. The molecular formula is C28H28N2O3S. The van der Waals surface area contributed by atoms with Gasteiger partial charge in [-0.3, -0.25) is 0 Å². The number of sulfone groups is 1. The molecule has 0 atom stereocenters. The molecule has 4 aromatic rings. The third-order valence-corrected chi connectivity index (χ3v) is 7.59. The molecule has 0 saturated carbocycles. The van der Waals surface area contributed by atoms with Crippen LogP contribution in [0.2, 0.25) is 0 Å². The molecule has 0 aliphatic carbocycles. The Balaban J connectivity index is 1.75. The molecule has 5 nitrogen and oxygen atoms in total. The molecule has 6 heteroatoms.